The van der Waals surface area contributed by atoms with Crippen molar-refractivity contribution in [3.05, 3.63) is 23.5 Å². The first kappa shape index (κ1) is 26.4. The van der Waals surface area contributed by atoms with Gasteiger partial charge in [-0.25, -0.2) is 18.4 Å². The molecule has 4 rings (SSSR count). The Morgan fingerprint density at radius 1 is 1.27 bits per heavy atom. The van der Waals surface area contributed by atoms with Gasteiger partial charge in [-0.3, -0.25) is 4.79 Å². The SMILES string of the molecule is CCc1nc(-c2nnn(C)c2COc2nnn(CC(C)C)n2)ccc1N1C[C@@H](CC(=O)O)CC(F)(F)C1. The maximum absolute atomic E-state index is 14.5. The Hall–Kier alpha value is -3.71. The smallest absolute Gasteiger partial charge is 0.356 e. The molecule has 12 nitrogen and oxygen atoms in total. The van der Waals surface area contributed by atoms with Gasteiger partial charge < -0.3 is 14.7 Å². The van der Waals surface area contributed by atoms with E-state index < -0.39 is 30.8 Å². The number of nitrogens with zero attached hydrogens (tertiary/aromatic N) is 9. The number of aryl methyl sites for hydroxylation is 2. The van der Waals surface area contributed by atoms with Crippen LogP contribution in [0.2, 0.25) is 0 Å². The minimum atomic E-state index is -2.98. The molecule has 1 N–H and O–H groups in total. The number of anilines is 1. The number of alkyl halides is 2. The number of aromatic nitrogens is 8. The molecular weight excluding hydrogens is 488 g/mol. The summed E-state index contributed by atoms with van der Waals surface area (Å²) in [4.78, 5) is 18.9. The van der Waals surface area contributed by atoms with E-state index in [0.29, 0.717) is 47.3 Å². The summed E-state index contributed by atoms with van der Waals surface area (Å²) in [5.74, 6) is -4.36. The molecule has 0 unspecified atom stereocenters. The van der Waals surface area contributed by atoms with Crippen molar-refractivity contribution in [3.63, 3.8) is 0 Å². The fourth-order valence-electron chi connectivity index (χ4n) is 4.51. The molecule has 1 aliphatic heterocycles. The first-order chi connectivity index (χ1) is 17.5. The third kappa shape index (κ3) is 6.35. The molecule has 0 spiro atoms. The number of carboxylic acid groups (broad SMARTS) is 1. The molecule has 0 saturated carbocycles. The number of carbonyl (C=O) groups is 1. The monoisotopic (exact) mass is 519 g/mol. The van der Waals surface area contributed by atoms with Crippen molar-refractivity contribution in [1.82, 2.24) is 40.2 Å². The predicted octanol–water partition coefficient (Wildman–Crippen LogP) is 2.60. The van der Waals surface area contributed by atoms with Gasteiger partial charge >= 0.3 is 12.0 Å². The number of carboxylic acids is 1. The van der Waals surface area contributed by atoms with Crippen molar-refractivity contribution in [1.29, 1.82) is 0 Å². The van der Waals surface area contributed by atoms with Gasteiger partial charge in [0.25, 0.3) is 5.92 Å². The third-order valence-corrected chi connectivity index (χ3v) is 6.06. The first-order valence-electron chi connectivity index (χ1n) is 12.2. The number of tetrazole rings is 1. The standard InChI is InChI=1S/C23H31F2N9O3/c1-5-16-18(33-11-15(8-20(35)36)9-23(24,25)13-33)7-6-17(26-16)21-19(32(4)30-27-21)12-37-22-28-31-34(29-22)10-14(2)3/h6-7,14-15H,5,8-13H2,1-4H3,(H,35,36)/t15-/m0/s1. The van der Waals surface area contributed by atoms with Crippen LogP contribution in [-0.4, -0.2) is 70.3 Å². The summed E-state index contributed by atoms with van der Waals surface area (Å²) < 4.78 is 36.2. The molecule has 14 heteroatoms. The molecule has 1 aliphatic rings. The second kappa shape index (κ2) is 10.7. The summed E-state index contributed by atoms with van der Waals surface area (Å²) in [7, 11) is 1.73. The molecule has 1 fully saturated rings. The van der Waals surface area contributed by atoms with Gasteiger partial charge in [-0.15, -0.1) is 5.10 Å². The van der Waals surface area contributed by atoms with Crippen LogP contribution in [0.5, 0.6) is 6.01 Å². The molecule has 0 aliphatic carbocycles. The van der Waals surface area contributed by atoms with Crippen LogP contribution < -0.4 is 9.64 Å². The van der Waals surface area contributed by atoms with E-state index in [1.54, 1.807) is 28.8 Å². The molecule has 37 heavy (non-hydrogen) atoms. The number of ether oxygens (including phenoxy) is 1. The Morgan fingerprint density at radius 2 is 2.05 bits per heavy atom. The van der Waals surface area contributed by atoms with Crippen molar-refractivity contribution in [3.8, 4) is 17.4 Å². The van der Waals surface area contributed by atoms with Crippen LogP contribution in [0.3, 0.4) is 0 Å². The molecule has 0 aromatic carbocycles. The lowest BCUT2D eigenvalue weighted by Gasteiger charge is -2.39. The average Bonchev–Trinajstić information content (AvgIpc) is 3.41. The average molecular weight is 520 g/mol. The van der Waals surface area contributed by atoms with Crippen molar-refractivity contribution in [2.75, 3.05) is 18.0 Å². The van der Waals surface area contributed by atoms with E-state index in [1.165, 1.54) is 4.80 Å². The fourth-order valence-corrected chi connectivity index (χ4v) is 4.51. The maximum Gasteiger partial charge on any atom is 0.356 e. The number of hydrogen-bond donors (Lipinski definition) is 1. The zero-order valence-corrected chi connectivity index (χ0v) is 21.3. The predicted molar refractivity (Wildman–Crippen MR) is 128 cm³/mol. The second-order valence-electron chi connectivity index (χ2n) is 9.74. The maximum atomic E-state index is 14.5. The highest BCUT2D eigenvalue weighted by molar-refractivity contribution is 5.67. The quantitative estimate of drug-likeness (QED) is 0.425. The minimum absolute atomic E-state index is 0.0757. The van der Waals surface area contributed by atoms with Gasteiger partial charge in [-0.1, -0.05) is 36.2 Å². The van der Waals surface area contributed by atoms with E-state index in [0.717, 1.165) is 0 Å². The van der Waals surface area contributed by atoms with Crippen molar-refractivity contribution in [2.24, 2.45) is 18.9 Å². The summed E-state index contributed by atoms with van der Waals surface area (Å²) in [6.45, 7) is 6.42. The second-order valence-corrected chi connectivity index (χ2v) is 9.74. The molecule has 200 valence electrons. The lowest BCUT2D eigenvalue weighted by Crippen LogP contribution is -2.48. The van der Waals surface area contributed by atoms with Crippen LogP contribution in [0.15, 0.2) is 12.1 Å². The van der Waals surface area contributed by atoms with Gasteiger partial charge in [0.1, 0.15) is 18.0 Å². The zero-order chi connectivity index (χ0) is 26.7. The van der Waals surface area contributed by atoms with Gasteiger partial charge in [-0.05, 0) is 35.6 Å². The minimum Gasteiger partial charge on any atom is -0.481 e. The van der Waals surface area contributed by atoms with E-state index in [4.69, 9.17) is 14.8 Å². The number of aliphatic carboxylic acids is 1. The number of hydrogen-bond acceptors (Lipinski definition) is 9. The Morgan fingerprint density at radius 3 is 2.76 bits per heavy atom. The van der Waals surface area contributed by atoms with Crippen LogP contribution in [-0.2, 0) is 31.4 Å². The van der Waals surface area contributed by atoms with Crippen LogP contribution in [0.1, 0.15) is 45.0 Å². The largest absolute Gasteiger partial charge is 0.481 e. The summed E-state index contributed by atoms with van der Waals surface area (Å²) in [6, 6.07) is 3.57. The summed E-state index contributed by atoms with van der Waals surface area (Å²) in [5.41, 5.74) is 2.82. The lowest BCUT2D eigenvalue weighted by atomic mass is 9.91. The number of pyridine rings is 1. The Kier molecular flexibility index (Phi) is 7.64. The molecule has 4 heterocycles. The van der Waals surface area contributed by atoms with Crippen molar-refractivity contribution >= 4 is 11.7 Å². The molecule has 1 saturated heterocycles. The molecule has 1 atom stereocenters. The molecule has 0 bridgehead atoms. The van der Waals surface area contributed by atoms with E-state index in [9.17, 15) is 13.6 Å². The molecular formula is C23H31F2N9O3. The normalized spacial score (nSPS) is 17.4. The van der Waals surface area contributed by atoms with Crippen molar-refractivity contribution < 1.29 is 23.4 Å². The third-order valence-electron chi connectivity index (χ3n) is 6.06. The van der Waals surface area contributed by atoms with Crippen molar-refractivity contribution in [2.45, 2.75) is 59.1 Å². The molecule has 0 radical (unpaired) electrons. The van der Waals surface area contributed by atoms with Gasteiger partial charge in [0.2, 0.25) is 0 Å². The highest BCUT2D eigenvalue weighted by atomic mass is 19.3. The zero-order valence-electron chi connectivity index (χ0n) is 21.3. The highest BCUT2D eigenvalue weighted by Gasteiger charge is 2.41. The number of rotatable bonds is 10. The molecule has 3 aromatic rings. The highest BCUT2D eigenvalue weighted by Crippen LogP contribution is 2.36. The summed E-state index contributed by atoms with van der Waals surface area (Å²) >= 11 is 0. The Bertz CT molecular complexity index is 1240. The van der Waals surface area contributed by atoms with Gasteiger partial charge in [0, 0.05) is 20.0 Å². The van der Waals surface area contributed by atoms with E-state index in [1.807, 2.05) is 20.8 Å². The number of halogens is 2. The van der Waals surface area contributed by atoms with Gasteiger partial charge in [0.15, 0.2) is 0 Å². The van der Waals surface area contributed by atoms with Crippen LogP contribution >= 0.6 is 0 Å². The molecule has 3 aromatic heterocycles. The van der Waals surface area contributed by atoms with Crippen LogP contribution in [0, 0.1) is 11.8 Å². The first-order valence-corrected chi connectivity index (χ1v) is 12.2. The number of piperidine rings is 1. The Balaban J connectivity index is 1.55. The summed E-state index contributed by atoms with van der Waals surface area (Å²) in [5, 5.41) is 29.6. The van der Waals surface area contributed by atoms with Crippen LogP contribution in [0.4, 0.5) is 14.5 Å². The van der Waals surface area contributed by atoms with Crippen LogP contribution in [0.25, 0.3) is 11.4 Å². The van der Waals surface area contributed by atoms with E-state index >= 15 is 0 Å². The van der Waals surface area contributed by atoms with Gasteiger partial charge in [0.05, 0.1) is 36.6 Å². The van der Waals surface area contributed by atoms with E-state index in [-0.39, 0.29) is 25.6 Å². The fraction of sp³-hybridized carbons (Fsp3) is 0.609. The summed E-state index contributed by atoms with van der Waals surface area (Å²) in [6.07, 6.45) is -0.252. The van der Waals surface area contributed by atoms with Gasteiger partial charge in [-0.2, -0.15) is 4.80 Å². The molecule has 0 amide bonds. The topological polar surface area (TPSA) is 137 Å². The Labute approximate surface area is 212 Å². The lowest BCUT2D eigenvalue weighted by molar-refractivity contribution is -0.139. The van der Waals surface area contributed by atoms with E-state index in [2.05, 4.69) is 25.7 Å².